The van der Waals surface area contributed by atoms with Crippen molar-refractivity contribution in [1.82, 2.24) is 4.98 Å². The van der Waals surface area contributed by atoms with Crippen molar-refractivity contribution >= 4 is 17.3 Å². The summed E-state index contributed by atoms with van der Waals surface area (Å²) >= 11 is 0. The molecule has 0 saturated heterocycles. The topological polar surface area (TPSA) is 105 Å². The fourth-order valence-corrected chi connectivity index (χ4v) is 1.68. The molecule has 0 bridgehead atoms. The number of nitrogens with zero attached hydrogens (tertiary/aromatic N) is 2. The predicted octanol–water partition coefficient (Wildman–Crippen LogP) is 2.26. The number of aromatic nitrogens is 1. The van der Waals surface area contributed by atoms with Crippen molar-refractivity contribution in [1.29, 1.82) is 0 Å². The van der Waals surface area contributed by atoms with Crippen LogP contribution in [0.4, 0.5) is 11.4 Å². The zero-order valence-electron chi connectivity index (χ0n) is 10.5. The van der Waals surface area contributed by atoms with Crippen LogP contribution in [0.5, 0.6) is 5.75 Å². The Kier molecular flexibility index (Phi) is 3.60. The summed E-state index contributed by atoms with van der Waals surface area (Å²) in [5, 5.41) is 22.9. The number of pyridine rings is 1. The van der Waals surface area contributed by atoms with Gasteiger partial charge in [-0.2, -0.15) is 0 Å². The monoisotopic (exact) mass is 273 g/mol. The van der Waals surface area contributed by atoms with E-state index >= 15 is 0 Å². The minimum Gasteiger partial charge on any atom is -0.505 e. The molecule has 1 heterocycles. The molecule has 0 aliphatic heterocycles. The van der Waals surface area contributed by atoms with Crippen LogP contribution in [-0.4, -0.2) is 20.9 Å². The van der Waals surface area contributed by atoms with E-state index in [0.717, 1.165) is 0 Å². The Morgan fingerprint density at radius 2 is 2.15 bits per heavy atom. The standard InChI is InChI=1S/C13H11N3O4/c1-8-7-9(5-6-14-8)13(18)15-12-10(16(19)20)3-2-4-11(12)17/h2-7,17H,1H3,(H,15,18). The van der Waals surface area contributed by atoms with Gasteiger partial charge in [-0.1, -0.05) is 6.07 Å². The van der Waals surface area contributed by atoms with Crippen LogP contribution < -0.4 is 5.32 Å². The van der Waals surface area contributed by atoms with Crippen LogP contribution in [0.1, 0.15) is 16.1 Å². The number of rotatable bonds is 3. The predicted molar refractivity (Wildman–Crippen MR) is 71.7 cm³/mol. The van der Waals surface area contributed by atoms with E-state index < -0.39 is 10.8 Å². The van der Waals surface area contributed by atoms with Crippen LogP contribution in [-0.2, 0) is 0 Å². The SMILES string of the molecule is Cc1cc(C(=O)Nc2c(O)cccc2[N+](=O)[O-])ccn1. The molecule has 0 aliphatic rings. The van der Waals surface area contributed by atoms with Gasteiger partial charge in [-0.05, 0) is 25.1 Å². The molecular formula is C13H11N3O4. The highest BCUT2D eigenvalue weighted by Gasteiger charge is 2.20. The number of hydrogen-bond donors (Lipinski definition) is 2. The molecule has 2 N–H and O–H groups in total. The van der Waals surface area contributed by atoms with Crippen LogP contribution in [0.3, 0.4) is 0 Å². The summed E-state index contributed by atoms with van der Waals surface area (Å²) in [5.41, 5.74) is 0.348. The number of aromatic hydroxyl groups is 1. The lowest BCUT2D eigenvalue weighted by Gasteiger charge is -2.08. The molecule has 7 heteroatoms. The average molecular weight is 273 g/mol. The summed E-state index contributed by atoms with van der Waals surface area (Å²) in [6.45, 7) is 1.72. The number of nitro benzene ring substituents is 1. The van der Waals surface area contributed by atoms with Gasteiger partial charge in [0.25, 0.3) is 11.6 Å². The number of anilines is 1. The summed E-state index contributed by atoms with van der Waals surface area (Å²) in [7, 11) is 0. The lowest BCUT2D eigenvalue weighted by atomic mass is 10.2. The molecule has 0 unspecified atom stereocenters. The number of amides is 1. The van der Waals surface area contributed by atoms with E-state index in [4.69, 9.17) is 0 Å². The Balaban J connectivity index is 2.35. The normalized spacial score (nSPS) is 10.1. The van der Waals surface area contributed by atoms with E-state index in [1.807, 2.05) is 0 Å². The Bertz CT molecular complexity index is 685. The fraction of sp³-hybridized carbons (Fsp3) is 0.0769. The van der Waals surface area contributed by atoms with Gasteiger partial charge in [-0.25, -0.2) is 0 Å². The van der Waals surface area contributed by atoms with Crippen molar-refractivity contribution in [3.05, 3.63) is 57.9 Å². The molecule has 0 aliphatic carbocycles. The number of hydrogen-bond acceptors (Lipinski definition) is 5. The smallest absolute Gasteiger partial charge is 0.296 e. The van der Waals surface area contributed by atoms with Gasteiger partial charge in [0, 0.05) is 23.5 Å². The second-order valence-electron chi connectivity index (χ2n) is 4.07. The van der Waals surface area contributed by atoms with E-state index in [0.29, 0.717) is 11.3 Å². The first-order valence-corrected chi connectivity index (χ1v) is 5.69. The van der Waals surface area contributed by atoms with E-state index in [-0.39, 0.29) is 17.1 Å². The molecule has 7 nitrogen and oxygen atoms in total. The van der Waals surface area contributed by atoms with Gasteiger partial charge >= 0.3 is 0 Å². The zero-order chi connectivity index (χ0) is 14.7. The van der Waals surface area contributed by atoms with Crippen molar-refractivity contribution in [3.63, 3.8) is 0 Å². The number of phenolic OH excluding ortho intramolecular Hbond substituents is 1. The van der Waals surface area contributed by atoms with Crippen molar-refractivity contribution < 1.29 is 14.8 Å². The third-order valence-corrected chi connectivity index (χ3v) is 2.61. The van der Waals surface area contributed by atoms with Crippen molar-refractivity contribution in [2.24, 2.45) is 0 Å². The van der Waals surface area contributed by atoms with Gasteiger partial charge in [-0.3, -0.25) is 19.9 Å². The average Bonchev–Trinajstić information content (AvgIpc) is 2.40. The molecule has 0 radical (unpaired) electrons. The fourth-order valence-electron chi connectivity index (χ4n) is 1.68. The number of aryl methyl sites for hydroxylation is 1. The summed E-state index contributed by atoms with van der Waals surface area (Å²) in [6, 6.07) is 6.82. The highest BCUT2D eigenvalue weighted by atomic mass is 16.6. The maximum absolute atomic E-state index is 12.0. The van der Waals surface area contributed by atoms with Crippen LogP contribution in [0.2, 0.25) is 0 Å². The first-order chi connectivity index (χ1) is 9.49. The van der Waals surface area contributed by atoms with Crippen LogP contribution >= 0.6 is 0 Å². The van der Waals surface area contributed by atoms with Crippen molar-refractivity contribution in [3.8, 4) is 5.75 Å². The van der Waals surface area contributed by atoms with Crippen LogP contribution in [0.15, 0.2) is 36.5 Å². The van der Waals surface area contributed by atoms with E-state index in [1.165, 1.54) is 30.5 Å². The van der Waals surface area contributed by atoms with E-state index in [1.54, 1.807) is 13.0 Å². The van der Waals surface area contributed by atoms with E-state index in [2.05, 4.69) is 10.3 Å². The molecule has 1 amide bonds. The first kappa shape index (κ1) is 13.5. The maximum atomic E-state index is 12.0. The number of benzene rings is 1. The number of carbonyl (C=O) groups is 1. The second kappa shape index (κ2) is 5.35. The Hall–Kier alpha value is -2.96. The third-order valence-electron chi connectivity index (χ3n) is 2.61. The number of carbonyl (C=O) groups excluding carboxylic acids is 1. The molecule has 0 fully saturated rings. The van der Waals surface area contributed by atoms with Gasteiger partial charge < -0.3 is 10.4 Å². The maximum Gasteiger partial charge on any atom is 0.296 e. The van der Waals surface area contributed by atoms with Gasteiger partial charge in [0.2, 0.25) is 0 Å². The summed E-state index contributed by atoms with van der Waals surface area (Å²) in [4.78, 5) is 26.2. The van der Waals surface area contributed by atoms with Gasteiger partial charge in [0.1, 0.15) is 5.75 Å². The largest absolute Gasteiger partial charge is 0.505 e. The van der Waals surface area contributed by atoms with Crippen molar-refractivity contribution in [2.75, 3.05) is 5.32 Å². The summed E-state index contributed by atoms with van der Waals surface area (Å²) in [5.74, 6) is -0.918. The van der Waals surface area contributed by atoms with E-state index in [9.17, 15) is 20.0 Å². The number of nitro groups is 1. The summed E-state index contributed by atoms with van der Waals surface area (Å²) in [6.07, 6.45) is 1.46. The quantitative estimate of drug-likeness (QED) is 0.507. The zero-order valence-corrected chi connectivity index (χ0v) is 10.5. The lowest BCUT2D eigenvalue weighted by molar-refractivity contribution is -0.384. The number of para-hydroxylation sites is 1. The minimum atomic E-state index is -0.673. The number of phenols is 1. The molecule has 0 atom stereocenters. The molecule has 1 aromatic carbocycles. The number of nitrogens with one attached hydrogen (secondary N) is 1. The first-order valence-electron chi connectivity index (χ1n) is 5.69. The molecule has 102 valence electrons. The Morgan fingerprint density at radius 3 is 2.80 bits per heavy atom. The lowest BCUT2D eigenvalue weighted by Crippen LogP contribution is -2.13. The minimum absolute atomic E-state index is 0.225. The van der Waals surface area contributed by atoms with Crippen LogP contribution in [0, 0.1) is 17.0 Å². The Morgan fingerprint density at radius 1 is 1.40 bits per heavy atom. The van der Waals surface area contributed by atoms with Gasteiger partial charge in [0.05, 0.1) is 4.92 Å². The molecular weight excluding hydrogens is 262 g/mol. The molecule has 2 rings (SSSR count). The second-order valence-corrected chi connectivity index (χ2v) is 4.07. The summed E-state index contributed by atoms with van der Waals surface area (Å²) < 4.78 is 0. The molecule has 0 spiro atoms. The highest BCUT2D eigenvalue weighted by molar-refractivity contribution is 6.06. The molecule has 20 heavy (non-hydrogen) atoms. The third kappa shape index (κ3) is 2.72. The molecule has 1 aromatic heterocycles. The van der Waals surface area contributed by atoms with Gasteiger partial charge in [-0.15, -0.1) is 0 Å². The molecule has 2 aromatic rings. The van der Waals surface area contributed by atoms with Crippen molar-refractivity contribution in [2.45, 2.75) is 6.92 Å². The molecule has 0 saturated carbocycles. The van der Waals surface area contributed by atoms with Crippen LogP contribution in [0.25, 0.3) is 0 Å². The Labute approximate surface area is 114 Å². The van der Waals surface area contributed by atoms with Gasteiger partial charge in [0.15, 0.2) is 5.69 Å². The highest BCUT2D eigenvalue weighted by Crippen LogP contribution is 2.33.